The molecule has 0 amide bonds. The van der Waals surface area contributed by atoms with Crippen LogP contribution in [0.1, 0.15) is 32.8 Å². The number of methoxy groups -OCH3 is 1. The number of nitrogens with one attached hydrogen (secondary N) is 1. The van der Waals surface area contributed by atoms with E-state index in [4.69, 9.17) is 4.74 Å². The molecule has 120 valence electrons. The van der Waals surface area contributed by atoms with Crippen LogP contribution in [0.25, 0.3) is 0 Å². The molecule has 0 saturated carbocycles. The van der Waals surface area contributed by atoms with Crippen molar-refractivity contribution in [3.05, 3.63) is 29.8 Å². The molecule has 0 aliphatic carbocycles. The summed E-state index contributed by atoms with van der Waals surface area (Å²) in [6, 6.07) is 8.52. The number of hydrogen-bond acceptors (Lipinski definition) is 3. The Balaban J connectivity index is 2.48. The van der Waals surface area contributed by atoms with E-state index in [2.05, 4.69) is 50.4 Å². The topological polar surface area (TPSA) is 21.3 Å². The van der Waals surface area contributed by atoms with Gasteiger partial charge in [0.25, 0.3) is 0 Å². The monoisotopic (exact) mass is 309 g/mol. The van der Waals surface area contributed by atoms with E-state index >= 15 is 0 Å². The van der Waals surface area contributed by atoms with Gasteiger partial charge in [-0.15, -0.1) is 0 Å². The molecule has 0 aliphatic heterocycles. The largest absolute Gasteiger partial charge is 0.497 e. The van der Waals surface area contributed by atoms with Gasteiger partial charge in [0.1, 0.15) is 5.75 Å². The molecule has 1 atom stereocenters. The van der Waals surface area contributed by atoms with E-state index in [1.165, 1.54) is 23.5 Å². The molecule has 0 radical (unpaired) electrons. The maximum absolute atomic E-state index is 5.23. The van der Waals surface area contributed by atoms with Crippen molar-refractivity contribution in [1.82, 2.24) is 5.32 Å². The van der Waals surface area contributed by atoms with Crippen molar-refractivity contribution in [3.8, 4) is 5.75 Å². The van der Waals surface area contributed by atoms with Crippen LogP contribution in [0.5, 0.6) is 5.75 Å². The highest BCUT2D eigenvalue weighted by Crippen LogP contribution is 2.18. The van der Waals surface area contributed by atoms with Crippen LogP contribution in [0.3, 0.4) is 0 Å². The third kappa shape index (κ3) is 8.37. The minimum atomic E-state index is 0.719. The van der Waals surface area contributed by atoms with Gasteiger partial charge in [-0.05, 0) is 67.0 Å². The van der Waals surface area contributed by atoms with Crippen molar-refractivity contribution in [2.75, 3.05) is 31.7 Å². The van der Waals surface area contributed by atoms with Gasteiger partial charge in [-0.3, -0.25) is 0 Å². The summed E-state index contributed by atoms with van der Waals surface area (Å²) in [5, 5.41) is 3.62. The van der Waals surface area contributed by atoms with Gasteiger partial charge in [0, 0.05) is 0 Å². The van der Waals surface area contributed by atoms with Crippen molar-refractivity contribution >= 4 is 11.8 Å². The Morgan fingerprint density at radius 3 is 2.43 bits per heavy atom. The molecule has 21 heavy (non-hydrogen) atoms. The third-order valence-corrected chi connectivity index (χ3v) is 4.48. The molecular weight excluding hydrogens is 278 g/mol. The molecule has 1 unspecified atom stereocenters. The SMILES string of the molecule is CCSCCC(CNCC(C)C)Cc1ccc(OC)cc1. The van der Waals surface area contributed by atoms with Gasteiger partial charge < -0.3 is 10.1 Å². The molecule has 0 aliphatic rings. The Bertz CT molecular complexity index is 364. The summed E-state index contributed by atoms with van der Waals surface area (Å²) in [4.78, 5) is 0. The second-order valence-electron chi connectivity index (χ2n) is 5.96. The summed E-state index contributed by atoms with van der Waals surface area (Å²) < 4.78 is 5.23. The zero-order valence-electron chi connectivity index (χ0n) is 14.0. The summed E-state index contributed by atoms with van der Waals surface area (Å²) in [5.41, 5.74) is 1.41. The Morgan fingerprint density at radius 2 is 1.86 bits per heavy atom. The lowest BCUT2D eigenvalue weighted by Gasteiger charge is -2.18. The Labute approximate surface area is 135 Å². The highest BCUT2D eigenvalue weighted by atomic mass is 32.2. The first kappa shape index (κ1) is 18.4. The quantitative estimate of drug-likeness (QED) is 0.618. The molecule has 0 aromatic heterocycles. The van der Waals surface area contributed by atoms with Gasteiger partial charge in [-0.1, -0.05) is 32.9 Å². The predicted molar refractivity (Wildman–Crippen MR) is 95.5 cm³/mol. The molecule has 2 nitrogen and oxygen atoms in total. The van der Waals surface area contributed by atoms with Gasteiger partial charge in [0.15, 0.2) is 0 Å². The van der Waals surface area contributed by atoms with Crippen molar-refractivity contribution < 1.29 is 4.74 Å². The van der Waals surface area contributed by atoms with Crippen LogP contribution in [-0.4, -0.2) is 31.7 Å². The lowest BCUT2D eigenvalue weighted by atomic mass is 9.96. The number of thioether (sulfide) groups is 1. The van der Waals surface area contributed by atoms with Crippen LogP contribution < -0.4 is 10.1 Å². The van der Waals surface area contributed by atoms with Crippen LogP contribution in [0, 0.1) is 11.8 Å². The number of ether oxygens (including phenoxy) is 1. The van der Waals surface area contributed by atoms with Crippen molar-refractivity contribution in [3.63, 3.8) is 0 Å². The molecular formula is C18H31NOS. The number of hydrogen-bond donors (Lipinski definition) is 1. The molecule has 1 N–H and O–H groups in total. The Kier molecular flexibility index (Phi) is 9.60. The zero-order chi connectivity index (χ0) is 15.5. The van der Waals surface area contributed by atoms with Gasteiger partial charge in [0.2, 0.25) is 0 Å². The highest BCUT2D eigenvalue weighted by Gasteiger charge is 2.10. The number of rotatable bonds is 11. The van der Waals surface area contributed by atoms with E-state index in [1.807, 2.05) is 11.8 Å². The van der Waals surface area contributed by atoms with Gasteiger partial charge >= 0.3 is 0 Å². The van der Waals surface area contributed by atoms with Crippen molar-refractivity contribution in [2.24, 2.45) is 11.8 Å². The fourth-order valence-electron chi connectivity index (χ4n) is 2.34. The standard InChI is InChI=1S/C18H31NOS/c1-5-21-11-10-17(14-19-13-15(2)3)12-16-6-8-18(20-4)9-7-16/h6-9,15,17,19H,5,10-14H2,1-4H3. The third-order valence-electron chi connectivity index (χ3n) is 3.54. The molecule has 3 heteroatoms. The summed E-state index contributed by atoms with van der Waals surface area (Å²) in [6.45, 7) is 8.99. The lowest BCUT2D eigenvalue weighted by Crippen LogP contribution is -2.28. The average Bonchev–Trinajstić information content (AvgIpc) is 2.47. The minimum Gasteiger partial charge on any atom is -0.497 e. The van der Waals surface area contributed by atoms with Gasteiger partial charge in [-0.25, -0.2) is 0 Å². The average molecular weight is 310 g/mol. The first-order valence-electron chi connectivity index (χ1n) is 8.07. The Hall–Kier alpha value is -0.670. The first-order valence-corrected chi connectivity index (χ1v) is 9.22. The van der Waals surface area contributed by atoms with Crippen LogP contribution in [0.2, 0.25) is 0 Å². The van der Waals surface area contributed by atoms with E-state index in [-0.39, 0.29) is 0 Å². The van der Waals surface area contributed by atoms with Crippen LogP contribution in [0.15, 0.2) is 24.3 Å². The molecule has 0 bridgehead atoms. The molecule has 1 rings (SSSR count). The van der Waals surface area contributed by atoms with Gasteiger partial charge in [0.05, 0.1) is 7.11 Å². The molecule has 0 fully saturated rings. The molecule has 0 spiro atoms. The second kappa shape index (κ2) is 11.0. The van der Waals surface area contributed by atoms with Crippen molar-refractivity contribution in [2.45, 2.75) is 33.6 Å². The fraction of sp³-hybridized carbons (Fsp3) is 0.667. The van der Waals surface area contributed by atoms with E-state index in [1.54, 1.807) is 7.11 Å². The Morgan fingerprint density at radius 1 is 1.14 bits per heavy atom. The minimum absolute atomic E-state index is 0.719. The lowest BCUT2D eigenvalue weighted by molar-refractivity contribution is 0.414. The highest BCUT2D eigenvalue weighted by molar-refractivity contribution is 7.99. The van der Waals surface area contributed by atoms with E-state index in [0.717, 1.165) is 37.1 Å². The second-order valence-corrected chi connectivity index (χ2v) is 7.35. The van der Waals surface area contributed by atoms with E-state index in [9.17, 15) is 0 Å². The first-order chi connectivity index (χ1) is 10.2. The predicted octanol–water partition coefficient (Wildman–Crippen LogP) is 4.24. The smallest absolute Gasteiger partial charge is 0.118 e. The molecule has 1 aromatic rings. The summed E-state index contributed by atoms with van der Waals surface area (Å²) in [5.74, 6) is 4.86. The normalized spacial score (nSPS) is 12.6. The summed E-state index contributed by atoms with van der Waals surface area (Å²) in [7, 11) is 1.72. The maximum atomic E-state index is 5.23. The van der Waals surface area contributed by atoms with E-state index in [0.29, 0.717) is 0 Å². The van der Waals surface area contributed by atoms with Crippen LogP contribution in [0.4, 0.5) is 0 Å². The zero-order valence-corrected chi connectivity index (χ0v) is 14.8. The van der Waals surface area contributed by atoms with Crippen molar-refractivity contribution in [1.29, 1.82) is 0 Å². The summed E-state index contributed by atoms with van der Waals surface area (Å²) >= 11 is 2.05. The maximum Gasteiger partial charge on any atom is 0.118 e. The van der Waals surface area contributed by atoms with Crippen LogP contribution >= 0.6 is 11.8 Å². The number of benzene rings is 1. The molecule has 0 saturated heterocycles. The van der Waals surface area contributed by atoms with Crippen LogP contribution in [-0.2, 0) is 6.42 Å². The summed E-state index contributed by atoms with van der Waals surface area (Å²) in [6.07, 6.45) is 2.44. The molecule has 1 aromatic carbocycles. The molecule has 0 heterocycles. The fourth-order valence-corrected chi connectivity index (χ4v) is 3.13. The van der Waals surface area contributed by atoms with E-state index < -0.39 is 0 Å². The van der Waals surface area contributed by atoms with Gasteiger partial charge in [-0.2, -0.15) is 11.8 Å².